The fourth-order valence-electron chi connectivity index (χ4n) is 1.18. The number of hydrogen-bond donors (Lipinski definition) is 1. The van der Waals surface area contributed by atoms with E-state index in [1.165, 1.54) is 0 Å². The van der Waals surface area contributed by atoms with E-state index in [4.69, 9.17) is 0 Å². The highest BCUT2D eigenvalue weighted by molar-refractivity contribution is 7.89. The van der Waals surface area contributed by atoms with E-state index in [0.29, 0.717) is 13.0 Å². The summed E-state index contributed by atoms with van der Waals surface area (Å²) in [4.78, 5) is 0. The molecule has 0 aromatic carbocycles. The molecule has 0 aliphatic heterocycles. The Morgan fingerprint density at radius 1 is 0.944 bits per heavy atom. The van der Waals surface area contributed by atoms with Gasteiger partial charge in [0, 0.05) is 6.54 Å². The molecule has 0 saturated heterocycles. The van der Waals surface area contributed by atoms with Crippen molar-refractivity contribution in [2.45, 2.75) is 54.4 Å². The Bertz CT molecular complexity index is 356. The first kappa shape index (κ1) is 17.6. The molecule has 0 atom stereocenters. The van der Waals surface area contributed by atoms with Crippen molar-refractivity contribution in [1.29, 1.82) is 0 Å². The molecule has 0 radical (unpaired) electrons. The van der Waals surface area contributed by atoms with Gasteiger partial charge in [-0.2, -0.15) is 0 Å². The van der Waals surface area contributed by atoms with Crippen LogP contribution in [0.4, 0.5) is 0 Å². The molecule has 4 heteroatoms. The molecule has 0 spiro atoms. The second kappa shape index (κ2) is 6.71. The van der Waals surface area contributed by atoms with Gasteiger partial charge in [0.1, 0.15) is 0 Å². The predicted octanol–water partition coefficient (Wildman–Crippen LogP) is 3.33. The zero-order chi connectivity index (χ0) is 14.4. The van der Waals surface area contributed by atoms with Crippen LogP contribution in [0.3, 0.4) is 0 Å². The fourth-order valence-corrected chi connectivity index (χ4v) is 2.42. The Labute approximate surface area is 113 Å². The van der Waals surface area contributed by atoms with Gasteiger partial charge < -0.3 is 0 Å². The third kappa shape index (κ3) is 12.1. The molecular weight excluding hydrogens is 246 g/mol. The van der Waals surface area contributed by atoms with Crippen LogP contribution in [-0.2, 0) is 10.0 Å². The number of hydrogen-bond acceptors (Lipinski definition) is 2. The second-order valence-electron chi connectivity index (χ2n) is 7.23. The Hall–Kier alpha value is -0.350. The zero-order valence-electron chi connectivity index (χ0n) is 12.7. The molecule has 0 unspecified atom stereocenters. The molecular formula is C14H29NO2S. The maximum atomic E-state index is 11.7. The maximum absolute atomic E-state index is 11.7. The van der Waals surface area contributed by atoms with Crippen molar-refractivity contribution in [2.75, 3.05) is 12.3 Å². The van der Waals surface area contributed by atoms with Gasteiger partial charge in [0.25, 0.3) is 0 Å². The molecule has 0 aliphatic carbocycles. The van der Waals surface area contributed by atoms with Crippen LogP contribution >= 0.6 is 0 Å². The van der Waals surface area contributed by atoms with Gasteiger partial charge in [0.15, 0.2) is 0 Å². The van der Waals surface area contributed by atoms with E-state index in [-0.39, 0.29) is 16.6 Å². The SMILES string of the molecule is CC(C)(C)C/C=C/CCS(=O)(=O)NCC(C)(C)C. The summed E-state index contributed by atoms with van der Waals surface area (Å²) < 4.78 is 26.0. The smallest absolute Gasteiger partial charge is 0.211 e. The van der Waals surface area contributed by atoms with Crippen LogP contribution in [0.5, 0.6) is 0 Å². The van der Waals surface area contributed by atoms with E-state index in [1.54, 1.807) is 0 Å². The third-order valence-electron chi connectivity index (χ3n) is 2.27. The van der Waals surface area contributed by atoms with Gasteiger partial charge in [-0.05, 0) is 23.7 Å². The van der Waals surface area contributed by atoms with Crippen LogP contribution in [0, 0.1) is 10.8 Å². The molecule has 18 heavy (non-hydrogen) atoms. The summed E-state index contributed by atoms with van der Waals surface area (Å²) in [6.07, 6.45) is 5.58. The van der Waals surface area contributed by atoms with Crippen molar-refractivity contribution in [2.24, 2.45) is 10.8 Å². The molecule has 3 nitrogen and oxygen atoms in total. The van der Waals surface area contributed by atoms with Crippen molar-refractivity contribution < 1.29 is 8.42 Å². The Kier molecular flexibility index (Phi) is 6.58. The molecule has 1 N–H and O–H groups in total. The molecule has 0 rings (SSSR count). The fraction of sp³-hybridized carbons (Fsp3) is 0.857. The summed E-state index contributed by atoms with van der Waals surface area (Å²) >= 11 is 0. The van der Waals surface area contributed by atoms with Crippen molar-refractivity contribution in [3.05, 3.63) is 12.2 Å². The maximum Gasteiger partial charge on any atom is 0.211 e. The van der Waals surface area contributed by atoms with E-state index >= 15 is 0 Å². The number of allylic oxidation sites excluding steroid dienone is 2. The average molecular weight is 275 g/mol. The minimum Gasteiger partial charge on any atom is -0.215 e. The highest BCUT2D eigenvalue weighted by atomic mass is 32.2. The topological polar surface area (TPSA) is 46.2 Å². The van der Waals surface area contributed by atoms with E-state index in [9.17, 15) is 8.42 Å². The van der Waals surface area contributed by atoms with Crippen LogP contribution in [-0.4, -0.2) is 20.7 Å². The highest BCUT2D eigenvalue weighted by Gasteiger charge is 2.15. The van der Waals surface area contributed by atoms with Crippen molar-refractivity contribution in [3.63, 3.8) is 0 Å². The molecule has 0 amide bonds. The highest BCUT2D eigenvalue weighted by Crippen LogP contribution is 2.18. The second-order valence-corrected chi connectivity index (χ2v) is 9.15. The molecule has 0 aliphatic rings. The van der Waals surface area contributed by atoms with Gasteiger partial charge in [-0.1, -0.05) is 53.7 Å². The van der Waals surface area contributed by atoms with Crippen LogP contribution < -0.4 is 4.72 Å². The van der Waals surface area contributed by atoms with Crippen LogP contribution in [0.1, 0.15) is 54.4 Å². The van der Waals surface area contributed by atoms with Crippen LogP contribution in [0.25, 0.3) is 0 Å². The molecule has 0 fully saturated rings. The van der Waals surface area contributed by atoms with Gasteiger partial charge in [-0.3, -0.25) is 0 Å². The van der Waals surface area contributed by atoms with E-state index in [2.05, 4.69) is 31.6 Å². The van der Waals surface area contributed by atoms with Gasteiger partial charge in [-0.15, -0.1) is 0 Å². The summed E-state index contributed by atoms with van der Waals surface area (Å²) in [5.74, 6) is 0.170. The van der Waals surface area contributed by atoms with E-state index < -0.39 is 10.0 Å². The van der Waals surface area contributed by atoms with Gasteiger partial charge >= 0.3 is 0 Å². The molecule has 0 heterocycles. The van der Waals surface area contributed by atoms with E-state index in [0.717, 1.165) is 6.42 Å². The minimum atomic E-state index is -3.13. The first-order chi connectivity index (χ1) is 7.91. The largest absolute Gasteiger partial charge is 0.215 e. The van der Waals surface area contributed by atoms with Crippen molar-refractivity contribution in [1.82, 2.24) is 4.72 Å². The van der Waals surface area contributed by atoms with E-state index in [1.807, 2.05) is 26.8 Å². The Morgan fingerprint density at radius 2 is 1.50 bits per heavy atom. The summed E-state index contributed by atoms with van der Waals surface area (Å²) in [5, 5.41) is 0. The quantitative estimate of drug-likeness (QED) is 0.756. The molecule has 0 saturated carbocycles. The van der Waals surface area contributed by atoms with Crippen LogP contribution in [0.2, 0.25) is 0 Å². The number of sulfonamides is 1. The van der Waals surface area contributed by atoms with Crippen molar-refractivity contribution >= 4 is 10.0 Å². The summed E-state index contributed by atoms with van der Waals surface area (Å²) in [7, 11) is -3.13. The lowest BCUT2D eigenvalue weighted by molar-refractivity contribution is 0.407. The number of rotatable bonds is 6. The Balaban J connectivity index is 3.99. The number of nitrogens with one attached hydrogen (secondary N) is 1. The first-order valence-electron chi connectivity index (χ1n) is 6.54. The third-order valence-corrected chi connectivity index (χ3v) is 3.63. The zero-order valence-corrected chi connectivity index (χ0v) is 13.5. The summed E-state index contributed by atoms with van der Waals surface area (Å²) in [5.41, 5.74) is 0.245. The minimum absolute atomic E-state index is 0.0187. The Morgan fingerprint density at radius 3 is 1.94 bits per heavy atom. The summed E-state index contributed by atoms with van der Waals surface area (Å²) in [6, 6.07) is 0. The summed E-state index contributed by atoms with van der Waals surface area (Å²) in [6.45, 7) is 13.0. The lowest BCUT2D eigenvalue weighted by Crippen LogP contribution is -2.33. The lowest BCUT2D eigenvalue weighted by Gasteiger charge is -2.18. The van der Waals surface area contributed by atoms with Crippen LogP contribution in [0.15, 0.2) is 12.2 Å². The normalized spacial score (nSPS) is 14.3. The van der Waals surface area contributed by atoms with Gasteiger partial charge in [0.2, 0.25) is 10.0 Å². The molecule has 0 aromatic heterocycles. The van der Waals surface area contributed by atoms with Crippen molar-refractivity contribution in [3.8, 4) is 0 Å². The molecule has 0 aromatic rings. The lowest BCUT2D eigenvalue weighted by atomic mass is 9.92. The van der Waals surface area contributed by atoms with Gasteiger partial charge in [0.05, 0.1) is 5.75 Å². The monoisotopic (exact) mass is 275 g/mol. The van der Waals surface area contributed by atoms with Gasteiger partial charge in [-0.25, -0.2) is 13.1 Å². The molecule has 108 valence electrons. The predicted molar refractivity (Wildman–Crippen MR) is 79.1 cm³/mol. The molecule has 0 bridgehead atoms. The standard InChI is InChI=1S/C14H29NO2S/c1-13(2,3)10-8-7-9-11-18(16,17)15-12-14(4,5)6/h7-8,15H,9-12H2,1-6H3/b8-7+. The first-order valence-corrected chi connectivity index (χ1v) is 8.19. The average Bonchev–Trinajstić information content (AvgIpc) is 2.11.